The Bertz CT molecular complexity index is 712. The molecule has 0 bridgehead atoms. The van der Waals surface area contributed by atoms with Gasteiger partial charge in [0, 0.05) is 43.9 Å². The summed E-state index contributed by atoms with van der Waals surface area (Å²) in [5, 5.41) is 0. The van der Waals surface area contributed by atoms with Gasteiger partial charge in [0.25, 0.3) is 0 Å². The molecule has 3 heterocycles. The summed E-state index contributed by atoms with van der Waals surface area (Å²) in [6.07, 6.45) is 8.38. The summed E-state index contributed by atoms with van der Waals surface area (Å²) in [6, 6.07) is 3.22. The van der Waals surface area contributed by atoms with Gasteiger partial charge >= 0.3 is 0 Å². The van der Waals surface area contributed by atoms with E-state index in [2.05, 4.69) is 9.97 Å². The van der Waals surface area contributed by atoms with Crippen LogP contribution in [-0.4, -0.2) is 39.8 Å². The lowest BCUT2D eigenvalue weighted by atomic mass is 10.2. The van der Waals surface area contributed by atoms with Crippen molar-refractivity contribution in [3.05, 3.63) is 42.7 Å². The standard InChI is InChI=1S/C14H18N4O2S/c1-12-16-7-9-17(12)11-13-4-3-8-18(13)21(19,20)14-5-2-6-15-10-14/h2,5-7,9-10,13H,3-4,8,11H2,1H3/t13-/m1/s1. The summed E-state index contributed by atoms with van der Waals surface area (Å²) in [5.41, 5.74) is 0. The number of sulfonamides is 1. The summed E-state index contributed by atoms with van der Waals surface area (Å²) >= 11 is 0. The molecule has 6 nitrogen and oxygen atoms in total. The van der Waals surface area contributed by atoms with Crippen LogP contribution in [0.2, 0.25) is 0 Å². The first-order valence-corrected chi connectivity index (χ1v) is 8.42. The third kappa shape index (κ3) is 2.71. The Balaban J connectivity index is 1.86. The van der Waals surface area contributed by atoms with E-state index in [9.17, 15) is 8.42 Å². The number of hydrogen-bond acceptors (Lipinski definition) is 4. The average molecular weight is 306 g/mol. The highest BCUT2D eigenvalue weighted by Crippen LogP contribution is 2.26. The molecular formula is C14H18N4O2S. The van der Waals surface area contributed by atoms with Crippen molar-refractivity contribution in [1.29, 1.82) is 0 Å². The zero-order valence-electron chi connectivity index (χ0n) is 11.9. The van der Waals surface area contributed by atoms with Crippen molar-refractivity contribution in [3.8, 4) is 0 Å². The first-order valence-electron chi connectivity index (χ1n) is 6.98. The summed E-state index contributed by atoms with van der Waals surface area (Å²) < 4.78 is 29.0. The van der Waals surface area contributed by atoms with Crippen molar-refractivity contribution in [3.63, 3.8) is 0 Å². The van der Waals surface area contributed by atoms with Crippen LogP contribution in [0.1, 0.15) is 18.7 Å². The van der Waals surface area contributed by atoms with Crippen LogP contribution in [-0.2, 0) is 16.6 Å². The smallest absolute Gasteiger partial charge is 0.244 e. The Kier molecular flexibility index (Phi) is 3.77. The fourth-order valence-corrected chi connectivity index (χ4v) is 4.42. The van der Waals surface area contributed by atoms with Gasteiger partial charge in [-0.2, -0.15) is 4.31 Å². The second kappa shape index (κ2) is 5.57. The zero-order valence-corrected chi connectivity index (χ0v) is 12.7. The molecule has 7 heteroatoms. The molecule has 0 aliphatic carbocycles. The van der Waals surface area contributed by atoms with E-state index in [4.69, 9.17) is 0 Å². The van der Waals surface area contributed by atoms with E-state index < -0.39 is 10.0 Å². The van der Waals surface area contributed by atoms with Gasteiger partial charge in [0.1, 0.15) is 10.7 Å². The number of imidazole rings is 1. The maximum atomic E-state index is 12.7. The van der Waals surface area contributed by atoms with E-state index in [1.165, 1.54) is 6.20 Å². The van der Waals surface area contributed by atoms with Gasteiger partial charge in [0.15, 0.2) is 0 Å². The molecule has 21 heavy (non-hydrogen) atoms. The Morgan fingerprint density at radius 1 is 1.38 bits per heavy atom. The molecule has 1 saturated heterocycles. The van der Waals surface area contributed by atoms with Gasteiger partial charge in [-0.1, -0.05) is 0 Å². The van der Waals surface area contributed by atoms with E-state index in [1.54, 1.807) is 28.8 Å². The number of rotatable bonds is 4. The molecule has 0 radical (unpaired) electrons. The monoisotopic (exact) mass is 306 g/mol. The second-order valence-corrected chi connectivity index (χ2v) is 7.12. The van der Waals surface area contributed by atoms with Crippen molar-refractivity contribution in [2.75, 3.05) is 6.54 Å². The predicted octanol–water partition coefficient (Wildman–Crippen LogP) is 1.44. The van der Waals surface area contributed by atoms with Crippen molar-refractivity contribution >= 4 is 10.0 Å². The second-order valence-electron chi connectivity index (χ2n) is 5.23. The normalized spacial score (nSPS) is 20.0. The summed E-state index contributed by atoms with van der Waals surface area (Å²) in [4.78, 5) is 8.37. The first-order chi connectivity index (χ1) is 10.1. The quantitative estimate of drug-likeness (QED) is 0.857. The fraction of sp³-hybridized carbons (Fsp3) is 0.429. The molecule has 0 amide bonds. The lowest BCUT2D eigenvalue weighted by Crippen LogP contribution is -2.38. The molecular weight excluding hydrogens is 288 g/mol. The Morgan fingerprint density at radius 3 is 2.90 bits per heavy atom. The van der Waals surface area contributed by atoms with E-state index in [0.717, 1.165) is 18.7 Å². The van der Waals surface area contributed by atoms with Crippen LogP contribution in [0.4, 0.5) is 0 Å². The molecule has 0 unspecified atom stereocenters. The molecule has 0 aromatic carbocycles. The molecule has 0 saturated carbocycles. The highest BCUT2D eigenvalue weighted by atomic mass is 32.2. The van der Waals surface area contributed by atoms with Crippen LogP contribution in [0.5, 0.6) is 0 Å². The van der Waals surface area contributed by atoms with Gasteiger partial charge in [0.05, 0.1) is 0 Å². The largest absolute Gasteiger partial charge is 0.334 e. The fourth-order valence-electron chi connectivity index (χ4n) is 2.77. The number of aryl methyl sites for hydroxylation is 1. The average Bonchev–Trinajstić information content (AvgIpc) is 3.11. The summed E-state index contributed by atoms with van der Waals surface area (Å²) in [7, 11) is -3.47. The molecule has 2 aromatic rings. The predicted molar refractivity (Wildman–Crippen MR) is 78.1 cm³/mol. The van der Waals surface area contributed by atoms with Gasteiger partial charge < -0.3 is 4.57 Å². The Hall–Kier alpha value is -1.73. The third-order valence-electron chi connectivity index (χ3n) is 3.90. The molecule has 3 rings (SSSR count). The highest BCUT2D eigenvalue weighted by molar-refractivity contribution is 7.89. The maximum Gasteiger partial charge on any atom is 0.244 e. The number of hydrogen-bond donors (Lipinski definition) is 0. The van der Waals surface area contributed by atoms with Crippen LogP contribution >= 0.6 is 0 Å². The zero-order chi connectivity index (χ0) is 14.9. The van der Waals surface area contributed by atoms with Gasteiger partial charge in [-0.05, 0) is 31.9 Å². The molecule has 0 N–H and O–H groups in total. The van der Waals surface area contributed by atoms with Crippen LogP contribution in [0.25, 0.3) is 0 Å². The number of pyridine rings is 1. The van der Waals surface area contributed by atoms with Crippen molar-refractivity contribution in [2.45, 2.75) is 37.2 Å². The van der Waals surface area contributed by atoms with Crippen LogP contribution in [0.15, 0.2) is 41.8 Å². The van der Waals surface area contributed by atoms with Crippen LogP contribution < -0.4 is 0 Å². The van der Waals surface area contributed by atoms with Gasteiger partial charge in [0.2, 0.25) is 10.0 Å². The third-order valence-corrected chi connectivity index (χ3v) is 5.83. The van der Waals surface area contributed by atoms with E-state index in [1.807, 2.05) is 17.7 Å². The summed E-state index contributed by atoms with van der Waals surface area (Å²) in [6.45, 7) is 3.13. The molecule has 1 fully saturated rings. The van der Waals surface area contributed by atoms with E-state index in [0.29, 0.717) is 13.1 Å². The minimum absolute atomic E-state index is 0.0249. The summed E-state index contributed by atoms with van der Waals surface area (Å²) in [5.74, 6) is 0.903. The highest BCUT2D eigenvalue weighted by Gasteiger charge is 2.35. The van der Waals surface area contributed by atoms with Crippen LogP contribution in [0, 0.1) is 6.92 Å². The lowest BCUT2D eigenvalue weighted by molar-refractivity contribution is 0.350. The minimum Gasteiger partial charge on any atom is -0.334 e. The molecule has 112 valence electrons. The van der Waals surface area contributed by atoms with Gasteiger partial charge in [-0.25, -0.2) is 13.4 Å². The van der Waals surface area contributed by atoms with E-state index >= 15 is 0 Å². The van der Waals surface area contributed by atoms with Gasteiger partial charge in [-0.3, -0.25) is 4.98 Å². The number of aromatic nitrogens is 3. The molecule has 1 aliphatic heterocycles. The van der Waals surface area contributed by atoms with Crippen molar-refractivity contribution in [2.24, 2.45) is 0 Å². The molecule has 2 aromatic heterocycles. The lowest BCUT2D eigenvalue weighted by Gasteiger charge is -2.24. The molecule has 1 atom stereocenters. The SMILES string of the molecule is Cc1nccn1C[C@H]1CCCN1S(=O)(=O)c1cccnc1. The molecule has 1 aliphatic rings. The Morgan fingerprint density at radius 2 is 2.24 bits per heavy atom. The molecule has 0 spiro atoms. The first kappa shape index (κ1) is 14.2. The van der Waals surface area contributed by atoms with E-state index in [-0.39, 0.29) is 10.9 Å². The Labute approximate surface area is 124 Å². The van der Waals surface area contributed by atoms with Crippen LogP contribution in [0.3, 0.4) is 0 Å². The topological polar surface area (TPSA) is 68.1 Å². The van der Waals surface area contributed by atoms with Crippen molar-refractivity contribution in [1.82, 2.24) is 18.8 Å². The maximum absolute atomic E-state index is 12.7. The van der Waals surface area contributed by atoms with Gasteiger partial charge in [-0.15, -0.1) is 0 Å². The minimum atomic E-state index is -3.47. The van der Waals surface area contributed by atoms with Crippen molar-refractivity contribution < 1.29 is 8.42 Å². The number of nitrogens with zero attached hydrogens (tertiary/aromatic N) is 4.